The number of allylic oxidation sites excluding steroid dienone is 2. The molecule has 295 valence electrons. The molecule has 55 heavy (non-hydrogen) atoms. The van der Waals surface area contributed by atoms with E-state index in [9.17, 15) is 9.90 Å². The summed E-state index contributed by atoms with van der Waals surface area (Å²) < 4.78 is 5.90. The van der Waals surface area contributed by atoms with Crippen LogP contribution < -0.4 is 0 Å². The number of carbonyl (C=O) groups is 1. The van der Waals surface area contributed by atoms with Crippen LogP contribution in [0.25, 0.3) is 54.3 Å². The smallest absolute Gasteiger partial charge is 0.164 e. The molecule has 0 aliphatic carbocycles. The van der Waals surface area contributed by atoms with Crippen LogP contribution >= 0.6 is 11.3 Å². The number of benzene rings is 3. The minimum absolute atomic E-state index is 0. The summed E-state index contributed by atoms with van der Waals surface area (Å²) in [5.41, 5.74) is 7.37. The first-order chi connectivity index (χ1) is 25.5. The molecule has 0 aliphatic rings. The minimum atomic E-state index is -0.337. The Labute approximate surface area is 347 Å². The second-order valence-electron chi connectivity index (χ2n) is 17.0. The number of aromatic nitrogens is 1. The Morgan fingerprint density at radius 1 is 0.873 bits per heavy atom. The normalized spacial score (nSPS) is 12.6. The van der Waals surface area contributed by atoms with E-state index in [-0.39, 0.29) is 47.9 Å². The third-order valence-electron chi connectivity index (χ3n) is 11.7. The molecule has 1 N–H and O–H groups in total. The number of hydrogen-bond acceptors (Lipinski definition) is 5. The number of aliphatic hydroxyl groups is 1. The summed E-state index contributed by atoms with van der Waals surface area (Å²) >= 11 is 1.76. The van der Waals surface area contributed by atoms with Gasteiger partial charge in [-0.3, -0.25) is 9.78 Å². The maximum atomic E-state index is 12.2. The molecule has 0 spiro atoms. The summed E-state index contributed by atoms with van der Waals surface area (Å²) in [5.74, 6) is 0.859. The molecule has 0 amide bonds. The van der Waals surface area contributed by atoms with Crippen LogP contribution in [0.2, 0.25) is 0 Å². The number of furan rings is 1. The van der Waals surface area contributed by atoms with E-state index in [1.807, 2.05) is 47.8 Å². The molecule has 3 aromatic heterocycles. The minimum Gasteiger partial charge on any atom is -0.512 e. The third-order valence-corrected chi connectivity index (χ3v) is 12.6. The molecule has 0 aliphatic heterocycles. The van der Waals surface area contributed by atoms with Crippen LogP contribution in [-0.4, -0.2) is 15.9 Å². The zero-order valence-electron chi connectivity index (χ0n) is 35.0. The van der Waals surface area contributed by atoms with E-state index in [1.165, 1.54) is 49.4 Å². The molecule has 4 nitrogen and oxygen atoms in total. The van der Waals surface area contributed by atoms with Crippen molar-refractivity contribution in [1.29, 1.82) is 0 Å². The van der Waals surface area contributed by atoms with Crippen LogP contribution in [0.3, 0.4) is 0 Å². The van der Waals surface area contributed by atoms with Crippen LogP contribution in [-0.2, 0) is 36.7 Å². The Hall–Kier alpha value is -3.57. The van der Waals surface area contributed by atoms with Gasteiger partial charge in [0, 0.05) is 58.4 Å². The first-order valence-electron chi connectivity index (χ1n) is 19.8. The zero-order valence-corrected chi connectivity index (χ0v) is 38.2. The van der Waals surface area contributed by atoms with Crippen molar-refractivity contribution in [2.45, 2.75) is 121 Å². The summed E-state index contributed by atoms with van der Waals surface area (Å²) in [4.78, 5) is 19.7. The molecule has 6 aromatic rings. The molecule has 0 fully saturated rings. The molecule has 0 saturated carbocycles. The fraction of sp³-hybridized carbons (Fsp3) is 0.429. The van der Waals surface area contributed by atoms with Gasteiger partial charge in [0.05, 0.1) is 6.26 Å². The zero-order chi connectivity index (χ0) is 39.6. The number of aryl methyl sites for hydroxylation is 1. The number of hydrogen-bond donors (Lipinski definition) is 1. The molecular formula is C49H60IrNO3S-. The van der Waals surface area contributed by atoms with Crippen molar-refractivity contribution in [3.8, 4) is 22.4 Å². The maximum Gasteiger partial charge on any atom is 0.164 e. The Morgan fingerprint density at radius 3 is 2.15 bits per heavy atom. The second-order valence-corrected chi connectivity index (χ2v) is 18.3. The molecule has 3 heterocycles. The fourth-order valence-electron chi connectivity index (χ4n) is 7.03. The first-order valence-corrected chi connectivity index (χ1v) is 20.6. The quantitative estimate of drug-likeness (QED) is 0.0799. The molecule has 3 aromatic carbocycles. The maximum absolute atomic E-state index is 12.2. The number of rotatable bonds is 11. The van der Waals surface area contributed by atoms with Crippen LogP contribution in [0, 0.1) is 29.7 Å². The summed E-state index contributed by atoms with van der Waals surface area (Å²) in [6.45, 7) is 25.6. The van der Waals surface area contributed by atoms with Gasteiger partial charge in [0.2, 0.25) is 0 Å². The number of fused-ring (bicyclic) bond motifs is 3. The Morgan fingerprint density at radius 2 is 1.53 bits per heavy atom. The van der Waals surface area contributed by atoms with Crippen molar-refractivity contribution >= 4 is 49.1 Å². The van der Waals surface area contributed by atoms with Crippen molar-refractivity contribution in [2.24, 2.45) is 16.7 Å². The van der Waals surface area contributed by atoms with Crippen molar-refractivity contribution < 1.29 is 34.4 Å². The number of pyridine rings is 1. The summed E-state index contributed by atoms with van der Waals surface area (Å²) in [6, 6.07) is 25.7. The van der Waals surface area contributed by atoms with Crippen molar-refractivity contribution in [3.05, 3.63) is 101 Å². The molecule has 0 saturated heterocycles. The average Bonchev–Trinajstić information content (AvgIpc) is 3.74. The van der Waals surface area contributed by atoms with Gasteiger partial charge in [-0.15, -0.1) is 40.5 Å². The van der Waals surface area contributed by atoms with E-state index in [0.717, 1.165) is 59.2 Å². The topological polar surface area (TPSA) is 63.3 Å². The van der Waals surface area contributed by atoms with Crippen molar-refractivity contribution in [3.63, 3.8) is 0 Å². The molecule has 0 bridgehead atoms. The van der Waals surface area contributed by atoms with Crippen LogP contribution in [0.4, 0.5) is 0 Å². The molecule has 6 rings (SSSR count). The van der Waals surface area contributed by atoms with Gasteiger partial charge < -0.3 is 9.52 Å². The summed E-state index contributed by atoms with van der Waals surface area (Å²) in [7, 11) is 0. The predicted molar refractivity (Wildman–Crippen MR) is 232 cm³/mol. The van der Waals surface area contributed by atoms with Gasteiger partial charge in [-0.25, -0.2) is 0 Å². The molecule has 0 atom stereocenters. The van der Waals surface area contributed by atoms with Gasteiger partial charge in [0.1, 0.15) is 16.2 Å². The number of aliphatic hydroxyl groups excluding tert-OH is 1. The number of ketones is 1. The molecule has 0 unspecified atom stereocenters. The van der Waals surface area contributed by atoms with Gasteiger partial charge in [-0.05, 0) is 85.3 Å². The fourth-order valence-corrected chi connectivity index (χ4v) is 7.93. The largest absolute Gasteiger partial charge is 0.512 e. The van der Waals surface area contributed by atoms with Gasteiger partial charge in [-0.2, -0.15) is 0 Å². The van der Waals surface area contributed by atoms with E-state index >= 15 is 0 Å². The molecule has 1 radical (unpaired) electrons. The standard InChI is InChI=1S/C34H32NOS.C15H28O2.Ir/c1-20(2)13-25-19-36-32-12-11-23(16-28(25)32)27-18-31(35-33-29(27)14-21(3)37-33)24-15-22-9-7-8-10-26(22)30(17-24)34(4,5)6;1-7-14(5,8-2)12(16)11-13(17)15(6,9-3)10-4;/h7-12,14,16-20H,13H2,1-6H3;11,16H,7-10H2,1-6H3;/q-1;;/b;12-11-;. The van der Waals surface area contributed by atoms with Crippen LogP contribution in [0.15, 0.2) is 83.2 Å². The average molecular weight is 935 g/mol. The predicted octanol–water partition coefficient (Wildman–Crippen LogP) is 14.8. The Bertz CT molecular complexity index is 2290. The van der Waals surface area contributed by atoms with Crippen molar-refractivity contribution in [1.82, 2.24) is 4.98 Å². The van der Waals surface area contributed by atoms with Gasteiger partial charge in [0.15, 0.2) is 5.78 Å². The monoisotopic (exact) mass is 935 g/mol. The van der Waals surface area contributed by atoms with E-state index in [4.69, 9.17) is 9.40 Å². The van der Waals surface area contributed by atoms with Crippen molar-refractivity contribution in [2.75, 3.05) is 0 Å². The van der Waals surface area contributed by atoms with Gasteiger partial charge in [-0.1, -0.05) is 117 Å². The number of nitrogens with zero attached hydrogens (tertiary/aromatic N) is 1. The first kappa shape index (κ1) is 44.1. The van der Waals surface area contributed by atoms with Crippen LogP contribution in [0.5, 0.6) is 0 Å². The summed E-state index contributed by atoms with van der Waals surface area (Å²) in [5, 5.41) is 14.9. The summed E-state index contributed by atoms with van der Waals surface area (Å²) in [6.07, 6.45) is 7.69. The van der Waals surface area contributed by atoms with E-state index in [0.29, 0.717) is 5.92 Å². The Balaban J connectivity index is 0.000000320. The van der Waals surface area contributed by atoms with E-state index in [1.54, 1.807) is 11.3 Å². The third kappa shape index (κ3) is 9.53. The molecule has 6 heteroatoms. The van der Waals surface area contributed by atoms with Crippen LogP contribution in [0.1, 0.15) is 118 Å². The SMILES string of the molecule is CCC(C)(CC)C(=O)/C=C(\O)C(C)(CC)CC.Cc1cc2c(-c3ccc4occ(CC(C)C)c4c3)cc(-c3[c-]c4ccccc4c(C(C)(C)C)c3)nc2s1.[Ir]. The molecular weight excluding hydrogens is 875 g/mol. The number of carbonyl (C=O) groups excluding carboxylic acids is 1. The van der Waals surface area contributed by atoms with E-state index < -0.39 is 0 Å². The second kappa shape index (κ2) is 17.7. The van der Waals surface area contributed by atoms with Gasteiger partial charge in [0.25, 0.3) is 0 Å². The van der Waals surface area contributed by atoms with Gasteiger partial charge >= 0.3 is 0 Å². The van der Waals surface area contributed by atoms with E-state index in [2.05, 4.69) is 108 Å². The Kier molecular flexibility index (Phi) is 14.2. The number of thiophene rings is 1.